The SMILES string of the molecule is CC(C)NC(C)(C(=O)O)c1cc(F)ccc1F. The van der Waals surface area contributed by atoms with Crippen LogP contribution in [0, 0.1) is 11.6 Å². The predicted octanol–water partition coefficient (Wildman–Crippen LogP) is 2.26. The van der Waals surface area contributed by atoms with E-state index in [2.05, 4.69) is 5.32 Å². The fourth-order valence-corrected chi connectivity index (χ4v) is 1.71. The van der Waals surface area contributed by atoms with Gasteiger partial charge in [-0.15, -0.1) is 0 Å². The van der Waals surface area contributed by atoms with Crippen LogP contribution >= 0.6 is 0 Å². The van der Waals surface area contributed by atoms with Crippen LogP contribution in [0.5, 0.6) is 0 Å². The van der Waals surface area contributed by atoms with Crippen LogP contribution in [0.4, 0.5) is 8.78 Å². The van der Waals surface area contributed by atoms with Gasteiger partial charge >= 0.3 is 5.97 Å². The molecule has 0 fully saturated rings. The van der Waals surface area contributed by atoms with Gasteiger partial charge in [0.15, 0.2) is 0 Å². The first-order valence-corrected chi connectivity index (χ1v) is 5.24. The van der Waals surface area contributed by atoms with E-state index in [1.165, 1.54) is 6.92 Å². The lowest BCUT2D eigenvalue weighted by molar-refractivity contribution is -0.145. The average molecular weight is 243 g/mol. The molecule has 0 heterocycles. The normalized spacial score (nSPS) is 14.7. The Hall–Kier alpha value is -1.49. The molecule has 3 nitrogen and oxygen atoms in total. The van der Waals surface area contributed by atoms with Gasteiger partial charge in [-0.05, 0) is 39.0 Å². The molecule has 1 aromatic carbocycles. The molecule has 0 aromatic heterocycles. The quantitative estimate of drug-likeness (QED) is 0.852. The Balaban J connectivity index is 3.31. The molecule has 1 unspecified atom stereocenters. The third-order valence-electron chi connectivity index (χ3n) is 2.47. The van der Waals surface area contributed by atoms with E-state index in [9.17, 15) is 18.7 Å². The van der Waals surface area contributed by atoms with Gasteiger partial charge in [0.25, 0.3) is 0 Å². The first-order valence-electron chi connectivity index (χ1n) is 5.24. The van der Waals surface area contributed by atoms with Crippen molar-refractivity contribution in [1.82, 2.24) is 5.32 Å². The van der Waals surface area contributed by atoms with Crippen LogP contribution in [0.25, 0.3) is 0 Å². The lowest BCUT2D eigenvalue weighted by atomic mass is 9.90. The van der Waals surface area contributed by atoms with Crippen LogP contribution < -0.4 is 5.32 Å². The lowest BCUT2D eigenvalue weighted by Crippen LogP contribution is -2.50. The number of rotatable bonds is 4. The fourth-order valence-electron chi connectivity index (χ4n) is 1.71. The van der Waals surface area contributed by atoms with Gasteiger partial charge in [0.05, 0.1) is 0 Å². The first kappa shape index (κ1) is 13.6. The smallest absolute Gasteiger partial charge is 0.328 e. The van der Waals surface area contributed by atoms with Gasteiger partial charge in [0.2, 0.25) is 0 Å². The molecule has 0 amide bonds. The van der Waals surface area contributed by atoms with Gasteiger partial charge in [-0.25, -0.2) is 13.6 Å². The number of hydrogen-bond acceptors (Lipinski definition) is 2. The molecule has 94 valence electrons. The zero-order valence-electron chi connectivity index (χ0n) is 9.92. The molecule has 17 heavy (non-hydrogen) atoms. The molecule has 2 N–H and O–H groups in total. The van der Waals surface area contributed by atoms with Crippen molar-refractivity contribution in [2.24, 2.45) is 0 Å². The number of nitrogens with one attached hydrogen (secondary N) is 1. The van der Waals surface area contributed by atoms with Crippen LogP contribution in [0.3, 0.4) is 0 Å². The highest BCUT2D eigenvalue weighted by molar-refractivity contribution is 5.80. The summed E-state index contributed by atoms with van der Waals surface area (Å²) in [5.74, 6) is -2.67. The van der Waals surface area contributed by atoms with Gasteiger partial charge in [-0.1, -0.05) is 0 Å². The van der Waals surface area contributed by atoms with Crippen LogP contribution in [-0.2, 0) is 10.3 Å². The number of halogens is 2. The molecule has 0 aliphatic carbocycles. The topological polar surface area (TPSA) is 49.3 Å². The molecule has 1 aromatic rings. The number of aliphatic carboxylic acids is 1. The Kier molecular flexibility index (Phi) is 3.83. The van der Waals surface area contributed by atoms with E-state index in [-0.39, 0.29) is 11.6 Å². The molecular weight excluding hydrogens is 228 g/mol. The Morgan fingerprint density at radius 2 is 2.00 bits per heavy atom. The minimum Gasteiger partial charge on any atom is -0.480 e. The Morgan fingerprint density at radius 1 is 1.41 bits per heavy atom. The van der Waals surface area contributed by atoms with E-state index >= 15 is 0 Å². The molecule has 0 saturated carbocycles. The second-order valence-electron chi connectivity index (χ2n) is 4.35. The van der Waals surface area contributed by atoms with Crippen LogP contribution in [-0.4, -0.2) is 17.1 Å². The molecule has 0 saturated heterocycles. The zero-order valence-corrected chi connectivity index (χ0v) is 9.92. The van der Waals surface area contributed by atoms with Gasteiger partial charge in [0.1, 0.15) is 17.2 Å². The van der Waals surface area contributed by atoms with E-state index in [0.717, 1.165) is 18.2 Å². The van der Waals surface area contributed by atoms with Gasteiger partial charge in [0, 0.05) is 11.6 Å². The van der Waals surface area contributed by atoms with Crippen molar-refractivity contribution in [3.8, 4) is 0 Å². The summed E-state index contributed by atoms with van der Waals surface area (Å²) in [5.41, 5.74) is -1.86. The van der Waals surface area contributed by atoms with Crippen molar-refractivity contribution in [2.75, 3.05) is 0 Å². The highest BCUT2D eigenvalue weighted by Gasteiger charge is 2.38. The highest BCUT2D eigenvalue weighted by Crippen LogP contribution is 2.25. The molecular formula is C12H15F2NO2. The van der Waals surface area contributed by atoms with Gasteiger partial charge < -0.3 is 5.11 Å². The summed E-state index contributed by atoms with van der Waals surface area (Å²) in [4.78, 5) is 11.3. The summed E-state index contributed by atoms with van der Waals surface area (Å²) in [6.45, 7) is 4.78. The summed E-state index contributed by atoms with van der Waals surface area (Å²) in [5, 5.41) is 11.9. The van der Waals surface area contributed by atoms with Crippen molar-refractivity contribution < 1.29 is 18.7 Å². The molecule has 0 aliphatic heterocycles. The Bertz CT molecular complexity index is 435. The van der Waals surface area contributed by atoms with E-state index in [0.29, 0.717) is 0 Å². The summed E-state index contributed by atoms with van der Waals surface area (Å²) in [6, 6.07) is 2.60. The van der Waals surface area contributed by atoms with Crippen molar-refractivity contribution in [2.45, 2.75) is 32.4 Å². The van der Waals surface area contributed by atoms with Crippen molar-refractivity contribution >= 4 is 5.97 Å². The van der Waals surface area contributed by atoms with E-state index in [4.69, 9.17) is 0 Å². The second kappa shape index (κ2) is 4.79. The van der Waals surface area contributed by atoms with Crippen LogP contribution in [0.15, 0.2) is 18.2 Å². The largest absolute Gasteiger partial charge is 0.480 e. The maximum atomic E-state index is 13.6. The molecule has 1 atom stereocenters. The fraction of sp³-hybridized carbons (Fsp3) is 0.417. The Labute approximate surface area is 98.5 Å². The highest BCUT2D eigenvalue weighted by atomic mass is 19.1. The maximum absolute atomic E-state index is 13.6. The number of benzene rings is 1. The van der Waals surface area contributed by atoms with Crippen molar-refractivity contribution in [1.29, 1.82) is 0 Å². The van der Waals surface area contributed by atoms with E-state index in [1.54, 1.807) is 13.8 Å². The van der Waals surface area contributed by atoms with Gasteiger partial charge in [-0.2, -0.15) is 0 Å². The summed E-state index contributed by atoms with van der Waals surface area (Å²) < 4.78 is 26.7. The number of carboxylic acid groups (broad SMARTS) is 1. The minimum absolute atomic E-state index is 0.182. The summed E-state index contributed by atoms with van der Waals surface area (Å²) >= 11 is 0. The maximum Gasteiger partial charge on any atom is 0.328 e. The number of carbonyl (C=O) groups is 1. The van der Waals surface area contributed by atoms with Gasteiger partial charge in [-0.3, -0.25) is 5.32 Å². The zero-order chi connectivity index (χ0) is 13.2. The lowest BCUT2D eigenvalue weighted by Gasteiger charge is -2.29. The number of carboxylic acids is 1. The monoisotopic (exact) mass is 243 g/mol. The minimum atomic E-state index is -1.65. The second-order valence-corrected chi connectivity index (χ2v) is 4.35. The van der Waals surface area contributed by atoms with Crippen molar-refractivity contribution in [3.63, 3.8) is 0 Å². The first-order chi connectivity index (χ1) is 7.77. The van der Waals surface area contributed by atoms with Crippen LogP contribution in [0.1, 0.15) is 26.3 Å². The Morgan fingerprint density at radius 3 is 2.47 bits per heavy atom. The predicted molar refractivity (Wildman–Crippen MR) is 59.6 cm³/mol. The summed E-state index contributed by atoms with van der Waals surface area (Å²) in [6.07, 6.45) is 0. The molecule has 0 aliphatic rings. The molecule has 0 spiro atoms. The third kappa shape index (κ3) is 2.79. The van der Waals surface area contributed by atoms with Crippen LogP contribution in [0.2, 0.25) is 0 Å². The third-order valence-corrected chi connectivity index (χ3v) is 2.47. The molecule has 1 rings (SSSR count). The van der Waals surface area contributed by atoms with Crippen molar-refractivity contribution in [3.05, 3.63) is 35.4 Å². The van der Waals surface area contributed by atoms with E-state index < -0.39 is 23.1 Å². The molecule has 0 bridgehead atoms. The molecule has 0 radical (unpaired) electrons. The standard InChI is InChI=1S/C12H15F2NO2/c1-7(2)15-12(3,11(16)17)9-6-8(13)4-5-10(9)14/h4-7,15H,1-3H3,(H,16,17). The average Bonchev–Trinajstić information content (AvgIpc) is 2.20. The molecule has 5 heteroatoms. The summed E-state index contributed by atoms with van der Waals surface area (Å²) in [7, 11) is 0. The van der Waals surface area contributed by atoms with E-state index in [1.807, 2.05) is 0 Å². The number of hydrogen-bond donors (Lipinski definition) is 2.